The van der Waals surface area contributed by atoms with Crippen molar-refractivity contribution in [2.75, 3.05) is 6.54 Å². The van der Waals surface area contributed by atoms with Gasteiger partial charge in [-0.05, 0) is 55.9 Å². The molecule has 0 spiro atoms. The van der Waals surface area contributed by atoms with Crippen LogP contribution in [0.1, 0.15) is 53.4 Å². The number of rotatable bonds is 4. The van der Waals surface area contributed by atoms with E-state index in [0.717, 1.165) is 18.5 Å². The largest absolute Gasteiger partial charge is 0.313 e. The van der Waals surface area contributed by atoms with E-state index in [1.807, 2.05) is 0 Å². The minimum absolute atomic E-state index is 0.503. The lowest BCUT2D eigenvalue weighted by Gasteiger charge is -2.43. The molecule has 2 aliphatic rings. The van der Waals surface area contributed by atoms with Gasteiger partial charge in [0.2, 0.25) is 0 Å². The van der Waals surface area contributed by atoms with E-state index in [2.05, 4.69) is 45.2 Å². The summed E-state index contributed by atoms with van der Waals surface area (Å²) in [5, 5.41) is 3.83. The van der Waals surface area contributed by atoms with Crippen LogP contribution in [0.5, 0.6) is 0 Å². The van der Waals surface area contributed by atoms with Gasteiger partial charge in [0.1, 0.15) is 0 Å². The Kier molecular flexibility index (Phi) is 3.18. The molecule has 16 heavy (non-hydrogen) atoms. The molecule has 0 aromatic carbocycles. The summed E-state index contributed by atoms with van der Waals surface area (Å²) >= 11 is 0. The van der Waals surface area contributed by atoms with Gasteiger partial charge in [-0.1, -0.05) is 32.9 Å². The molecule has 2 saturated carbocycles. The zero-order valence-corrected chi connectivity index (χ0v) is 11.3. The zero-order valence-electron chi connectivity index (χ0n) is 11.3. The first-order valence-electron chi connectivity index (χ1n) is 6.85. The van der Waals surface area contributed by atoms with Crippen molar-refractivity contribution in [3.05, 3.63) is 12.2 Å². The highest BCUT2D eigenvalue weighted by Crippen LogP contribution is 2.62. The lowest BCUT2D eigenvalue weighted by molar-refractivity contribution is 0.110. The first-order valence-corrected chi connectivity index (χ1v) is 6.85. The smallest absolute Gasteiger partial charge is 0.0175 e. The van der Waals surface area contributed by atoms with Gasteiger partial charge >= 0.3 is 0 Å². The normalized spacial score (nSPS) is 41.0. The molecule has 3 atom stereocenters. The highest BCUT2D eigenvalue weighted by Gasteiger charge is 2.58. The van der Waals surface area contributed by atoms with Gasteiger partial charge in [0.05, 0.1) is 0 Å². The third-order valence-corrected chi connectivity index (χ3v) is 5.16. The molecule has 2 fully saturated rings. The molecule has 1 nitrogen and oxygen atoms in total. The molecule has 2 rings (SSSR count). The highest BCUT2D eigenvalue weighted by molar-refractivity contribution is 5.12. The van der Waals surface area contributed by atoms with Crippen LogP contribution in [0.25, 0.3) is 0 Å². The third kappa shape index (κ3) is 1.84. The second kappa shape index (κ2) is 4.18. The second-order valence-electron chi connectivity index (χ2n) is 6.66. The van der Waals surface area contributed by atoms with E-state index in [1.165, 1.54) is 25.7 Å². The first kappa shape index (κ1) is 12.2. The van der Waals surface area contributed by atoms with Crippen LogP contribution in [0.2, 0.25) is 0 Å². The Morgan fingerprint density at radius 1 is 1.31 bits per heavy atom. The average Bonchev–Trinajstić information content (AvgIpc) is 2.68. The van der Waals surface area contributed by atoms with Gasteiger partial charge in [-0.25, -0.2) is 0 Å². The summed E-state index contributed by atoms with van der Waals surface area (Å²) in [6.07, 6.45) is 9.91. The number of hydrogen-bond donors (Lipinski definition) is 1. The van der Waals surface area contributed by atoms with Crippen molar-refractivity contribution in [2.24, 2.45) is 16.7 Å². The molecule has 2 bridgehead atoms. The Bertz CT molecular complexity index is 274. The summed E-state index contributed by atoms with van der Waals surface area (Å²) in [7, 11) is 0. The Hall–Kier alpha value is -0.300. The Morgan fingerprint density at radius 2 is 2.06 bits per heavy atom. The van der Waals surface area contributed by atoms with Crippen LogP contribution in [0, 0.1) is 16.7 Å². The van der Waals surface area contributed by atoms with Crippen molar-refractivity contribution < 1.29 is 0 Å². The summed E-state index contributed by atoms with van der Waals surface area (Å²) in [5.41, 5.74) is 1.08. The number of hydrogen-bond acceptors (Lipinski definition) is 1. The molecule has 0 amide bonds. The molecule has 2 aliphatic carbocycles. The number of fused-ring (bicyclic) bond motifs is 2. The van der Waals surface area contributed by atoms with Crippen molar-refractivity contribution in [1.29, 1.82) is 0 Å². The van der Waals surface area contributed by atoms with Crippen LogP contribution >= 0.6 is 0 Å². The van der Waals surface area contributed by atoms with Crippen LogP contribution in [-0.4, -0.2) is 12.6 Å². The summed E-state index contributed by atoms with van der Waals surface area (Å²) in [4.78, 5) is 0. The van der Waals surface area contributed by atoms with Crippen LogP contribution in [-0.2, 0) is 0 Å². The van der Waals surface area contributed by atoms with E-state index in [1.54, 1.807) is 0 Å². The minimum Gasteiger partial charge on any atom is -0.313 e. The van der Waals surface area contributed by atoms with Gasteiger partial charge in [-0.15, -0.1) is 0 Å². The first-order chi connectivity index (χ1) is 7.50. The fourth-order valence-corrected chi connectivity index (χ4v) is 4.29. The minimum atomic E-state index is 0.503. The van der Waals surface area contributed by atoms with Gasteiger partial charge < -0.3 is 5.32 Å². The van der Waals surface area contributed by atoms with E-state index in [9.17, 15) is 0 Å². The van der Waals surface area contributed by atoms with E-state index < -0.39 is 0 Å². The maximum atomic E-state index is 3.83. The van der Waals surface area contributed by atoms with Gasteiger partial charge in [0.25, 0.3) is 0 Å². The van der Waals surface area contributed by atoms with Gasteiger partial charge in [-0.2, -0.15) is 0 Å². The van der Waals surface area contributed by atoms with Crippen molar-refractivity contribution in [3.63, 3.8) is 0 Å². The lowest BCUT2D eigenvalue weighted by atomic mass is 9.68. The average molecular weight is 221 g/mol. The van der Waals surface area contributed by atoms with E-state index in [4.69, 9.17) is 0 Å². The van der Waals surface area contributed by atoms with Crippen LogP contribution in [0.4, 0.5) is 0 Å². The van der Waals surface area contributed by atoms with Gasteiger partial charge in [0.15, 0.2) is 0 Å². The van der Waals surface area contributed by atoms with E-state index >= 15 is 0 Å². The van der Waals surface area contributed by atoms with Gasteiger partial charge in [0, 0.05) is 6.04 Å². The fraction of sp³-hybridized carbons (Fsp3) is 0.867. The van der Waals surface area contributed by atoms with Crippen molar-refractivity contribution in [3.8, 4) is 0 Å². The molecule has 0 heterocycles. The predicted molar refractivity (Wildman–Crippen MR) is 70.5 cm³/mol. The lowest BCUT2D eigenvalue weighted by Crippen LogP contribution is -2.50. The molecule has 0 aromatic heterocycles. The SMILES string of the molecule is C/C=C/CCNC1C(C)(C)[C@H]2CC[C@]1(C)C2. The maximum absolute atomic E-state index is 3.83. The molecule has 92 valence electrons. The van der Waals surface area contributed by atoms with Crippen molar-refractivity contribution >= 4 is 0 Å². The topological polar surface area (TPSA) is 12.0 Å². The standard InChI is InChI=1S/C15H27N/c1-5-6-7-10-16-13-14(2,3)12-8-9-15(13,4)11-12/h5-6,12-13,16H,7-11H2,1-4H3/b6-5+/t12-,13?,15+/m0/s1. The molecule has 0 radical (unpaired) electrons. The summed E-state index contributed by atoms with van der Waals surface area (Å²) in [6, 6.07) is 0.726. The number of allylic oxidation sites excluding steroid dienone is 1. The Labute approximate surface area is 101 Å². The van der Waals surface area contributed by atoms with Crippen LogP contribution in [0.15, 0.2) is 12.2 Å². The Balaban J connectivity index is 1.97. The summed E-state index contributed by atoms with van der Waals surface area (Å²) in [5.74, 6) is 0.955. The monoisotopic (exact) mass is 221 g/mol. The third-order valence-electron chi connectivity index (χ3n) is 5.16. The predicted octanol–water partition coefficient (Wildman–Crippen LogP) is 3.76. The van der Waals surface area contributed by atoms with Crippen LogP contribution in [0.3, 0.4) is 0 Å². The molecular weight excluding hydrogens is 194 g/mol. The fourth-order valence-electron chi connectivity index (χ4n) is 4.29. The van der Waals surface area contributed by atoms with E-state index in [0.29, 0.717) is 10.8 Å². The zero-order chi connectivity index (χ0) is 11.8. The Morgan fingerprint density at radius 3 is 2.62 bits per heavy atom. The molecule has 1 heteroatoms. The molecule has 1 unspecified atom stereocenters. The maximum Gasteiger partial charge on any atom is 0.0175 e. The highest BCUT2D eigenvalue weighted by atomic mass is 15.0. The van der Waals surface area contributed by atoms with Crippen LogP contribution < -0.4 is 5.32 Å². The van der Waals surface area contributed by atoms with Crippen molar-refractivity contribution in [1.82, 2.24) is 5.32 Å². The molecule has 0 aromatic rings. The van der Waals surface area contributed by atoms with Crippen molar-refractivity contribution in [2.45, 2.75) is 59.4 Å². The molecule has 0 aliphatic heterocycles. The van der Waals surface area contributed by atoms with E-state index in [-0.39, 0.29) is 0 Å². The molecular formula is C15H27N. The quantitative estimate of drug-likeness (QED) is 0.563. The second-order valence-corrected chi connectivity index (χ2v) is 6.66. The molecule has 1 N–H and O–H groups in total. The number of nitrogens with one attached hydrogen (secondary N) is 1. The molecule has 0 saturated heterocycles. The summed E-state index contributed by atoms with van der Waals surface area (Å²) < 4.78 is 0. The summed E-state index contributed by atoms with van der Waals surface area (Å²) in [6.45, 7) is 10.7. The van der Waals surface area contributed by atoms with Gasteiger partial charge in [-0.3, -0.25) is 0 Å².